The quantitative estimate of drug-likeness (QED) is 0.352. The molecule has 5 nitrogen and oxygen atoms in total. The monoisotopic (exact) mass is 307 g/mol. The highest BCUT2D eigenvalue weighted by atomic mass is 35.5. The fourth-order valence-corrected chi connectivity index (χ4v) is 1.90. The van der Waals surface area contributed by atoms with Crippen LogP contribution in [0.1, 0.15) is 15.9 Å². The van der Waals surface area contributed by atoms with E-state index in [1.165, 1.54) is 18.2 Å². The van der Waals surface area contributed by atoms with Gasteiger partial charge in [0, 0.05) is 11.3 Å². The zero-order valence-corrected chi connectivity index (χ0v) is 11.4. The number of nitrogens with zero attached hydrogens (tertiary/aromatic N) is 1. The Hall–Kier alpha value is -2.60. The summed E-state index contributed by atoms with van der Waals surface area (Å²) >= 11 is 5.75. The van der Waals surface area contributed by atoms with Crippen molar-refractivity contribution in [1.82, 2.24) is 0 Å². The molecule has 0 aromatic heterocycles. The minimum Gasteiger partial charge on any atom is -0.409 e. The van der Waals surface area contributed by atoms with Crippen molar-refractivity contribution in [3.05, 3.63) is 64.4 Å². The zero-order valence-electron chi connectivity index (χ0n) is 10.7. The van der Waals surface area contributed by atoms with Crippen LogP contribution in [0.2, 0.25) is 5.02 Å². The number of nitrogens with two attached hydrogens (primary N) is 1. The van der Waals surface area contributed by atoms with Crippen molar-refractivity contribution < 1.29 is 14.4 Å². The van der Waals surface area contributed by atoms with E-state index in [1.807, 2.05) is 0 Å². The van der Waals surface area contributed by atoms with Gasteiger partial charge < -0.3 is 16.3 Å². The summed E-state index contributed by atoms with van der Waals surface area (Å²) in [6, 6.07) is 10.3. The standard InChI is InChI=1S/C14H11ClFN3O2/c15-12-10(5-2-6-11(12)16)14(20)18-9-4-1-3-8(7-9)13(17)19-21/h1-7,21H,(H2,17,19)(H,18,20). The summed E-state index contributed by atoms with van der Waals surface area (Å²) in [6.07, 6.45) is 0. The van der Waals surface area contributed by atoms with E-state index in [2.05, 4.69) is 10.5 Å². The highest BCUT2D eigenvalue weighted by Gasteiger charge is 2.13. The first-order chi connectivity index (χ1) is 10.0. The number of amides is 1. The summed E-state index contributed by atoms with van der Waals surface area (Å²) in [5.41, 5.74) is 6.32. The van der Waals surface area contributed by atoms with E-state index in [1.54, 1.807) is 18.2 Å². The van der Waals surface area contributed by atoms with Gasteiger partial charge in [-0.1, -0.05) is 35.0 Å². The van der Waals surface area contributed by atoms with E-state index in [0.29, 0.717) is 11.3 Å². The largest absolute Gasteiger partial charge is 0.409 e. The van der Waals surface area contributed by atoms with Crippen molar-refractivity contribution in [2.24, 2.45) is 10.9 Å². The molecule has 0 bridgehead atoms. The van der Waals surface area contributed by atoms with Crippen LogP contribution in [0.3, 0.4) is 0 Å². The number of oxime groups is 1. The van der Waals surface area contributed by atoms with Crippen molar-refractivity contribution >= 4 is 29.0 Å². The van der Waals surface area contributed by atoms with E-state index in [0.717, 1.165) is 6.07 Å². The highest BCUT2D eigenvalue weighted by Crippen LogP contribution is 2.21. The van der Waals surface area contributed by atoms with Crippen molar-refractivity contribution in [1.29, 1.82) is 0 Å². The molecule has 2 aromatic carbocycles. The predicted octanol–water partition coefficient (Wildman–Crippen LogP) is 2.83. The highest BCUT2D eigenvalue weighted by molar-refractivity contribution is 6.34. The normalized spacial score (nSPS) is 11.2. The van der Waals surface area contributed by atoms with E-state index >= 15 is 0 Å². The molecule has 21 heavy (non-hydrogen) atoms. The molecule has 0 unspecified atom stereocenters. The fraction of sp³-hybridized carbons (Fsp3) is 0. The molecule has 0 fully saturated rings. The molecule has 0 aliphatic rings. The number of amidine groups is 1. The first-order valence-corrected chi connectivity index (χ1v) is 6.24. The van der Waals surface area contributed by atoms with Crippen LogP contribution in [-0.4, -0.2) is 17.0 Å². The SMILES string of the molecule is N/C(=N/O)c1cccc(NC(=O)c2cccc(F)c2Cl)c1. The average Bonchev–Trinajstić information content (AvgIpc) is 2.49. The summed E-state index contributed by atoms with van der Waals surface area (Å²) in [5, 5.41) is 13.8. The number of anilines is 1. The minimum absolute atomic E-state index is 0.0193. The van der Waals surface area contributed by atoms with Gasteiger partial charge in [0.15, 0.2) is 5.84 Å². The second-order valence-corrected chi connectivity index (χ2v) is 4.50. The van der Waals surface area contributed by atoms with Crippen LogP contribution >= 0.6 is 11.6 Å². The van der Waals surface area contributed by atoms with Crippen molar-refractivity contribution in [2.45, 2.75) is 0 Å². The summed E-state index contributed by atoms with van der Waals surface area (Å²) in [7, 11) is 0. The first kappa shape index (κ1) is 14.8. The third-order valence-electron chi connectivity index (χ3n) is 2.72. The van der Waals surface area contributed by atoms with Gasteiger partial charge in [0.05, 0.1) is 10.6 Å². The molecule has 0 atom stereocenters. The van der Waals surface area contributed by atoms with Gasteiger partial charge in [-0.05, 0) is 24.3 Å². The van der Waals surface area contributed by atoms with Gasteiger partial charge >= 0.3 is 0 Å². The van der Waals surface area contributed by atoms with Gasteiger partial charge in [-0.25, -0.2) is 4.39 Å². The molecule has 0 saturated carbocycles. The Labute approximate surface area is 124 Å². The van der Waals surface area contributed by atoms with Gasteiger partial charge in [-0.15, -0.1) is 0 Å². The molecule has 0 spiro atoms. The molecular weight excluding hydrogens is 297 g/mol. The van der Waals surface area contributed by atoms with Crippen molar-refractivity contribution in [2.75, 3.05) is 5.32 Å². The average molecular weight is 308 g/mol. The number of carbonyl (C=O) groups is 1. The van der Waals surface area contributed by atoms with Crippen LogP contribution in [0.15, 0.2) is 47.6 Å². The lowest BCUT2D eigenvalue weighted by Crippen LogP contribution is -2.15. The van der Waals surface area contributed by atoms with Gasteiger partial charge in [-0.2, -0.15) is 0 Å². The van der Waals surface area contributed by atoms with E-state index in [-0.39, 0.29) is 16.4 Å². The second-order valence-electron chi connectivity index (χ2n) is 4.12. The maximum Gasteiger partial charge on any atom is 0.257 e. The molecule has 0 saturated heterocycles. The third-order valence-corrected chi connectivity index (χ3v) is 3.10. The van der Waals surface area contributed by atoms with Crippen LogP contribution < -0.4 is 11.1 Å². The lowest BCUT2D eigenvalue weighted by Gasteiger charge is -2.08. The molecule has 7 heteroatoms. The Morgan fingerprint density at radius 1 is 1.29 bits per heavy atom. The summed E-state index contributed by atoms with van der Waals surface area (Å²) in [4.78, 5) is 12.1. The number of hydrogen-bond acceptors (Lipinski definition) is 3. The smallest absolute Gasteiger partial charge is 0.257 e. The molecule has 4 N–H and O–H groups in total. The molecule has 0 aliphatic heterocycles. The Balaban J connectivity index is 2.26. The number of rotatable bonds is 3. The van der Waals surface area contributed by atoms with Gasteiger partial charge in [0.25, 0.3) is 5.91 Å². The van der Waals surface area contributed by atoms with Gasteiger partial charge in [-0.3, -0.25) is 4.79 Å². The molecule has 108 valence electrons. The zero-order chi connectivity index (χ0) is 15.4. The van der Waals surface area contributed by atoms with Gasteiger partial charge in [0.2, 0.25) is 0 Å². The fourth-order valence-electron chi connectivity index (χ4n) is 1.69. The van der Waals surface area contributed by atoms with Crippen LogP contribution in [0.25, 0.3) is 0 Å². The Morgan fingerprint density at radius 3 is 2.71 bits per heavy atom. The summed E-state index contributed by atoms with van der Waals surface area (Å²) in [6.45, 7) is 0. The number of nitrogens with one attached hydrogen (secondary N) is 1. The van der Waals surface area contributed by atoms with E-state index < -0.39 is 11.7 Å². The van der Waals surface area contributed by atoms with E-state index in [9.17, 15) is 9.18 Å². The number of benzene rings is 2. The number of carbonyl (C=O) groups excluding carboxylic acids is 1. The van der Waals surface area contributed by atoms with Crippen molar-refractivity contribution in [3.63, 3.8) is 0 Å². The number of hydrogen-bond donors (Lipinski definition) is 3. The Kier molecular flexibility index (Phi) is 4.39. The molecule has 2 aromatic rings. The number of halogens is 2. The molecule has 0 aliphatic carbocycles. The summed E-state index contributed by atoms with van der Waals surface area (Å²) in [5.74, 6) is -1.32. The molecule has 2 rings (SSSR count). The lowest BCUT2D eigenvalue weighted by atomic mass is 10.1. The topological polar surface area (TPSA) is 87.7 Å². The lowest BCUT2D eigenvalue weighted by molar-refractivity contribution is 0.102. The summed E-state index contributed by atoms with van der Waals surface area (Å²) < 4.78 is 13.3. The van der Waals surface area contributed by atoms with Crippen LogP contribution in [0.5, 0.6) is 0 Å². The maximum absolute atomic E-state index is 13.3. The molecule has 0 radical (unpaired) electrons. The molecular formula is C14H11ClFN3O2. The van der Waals surface area contributed by atoms with Crippen LogP contribution in [-0.2, 0) is 0 Å². The predicted molar refractivity (Wildman–Crippen MR) is 78.3 cm³/mol. The first-order valence-electron chi connectivity index (χ1n) is 5.86. The molecule has 1 amide bonds. The second kappa shape index (κ2) is 6.23. The molecule has 0 heterocycles. The van der Waals surface area contributed by atoms with E-state index in [4.69, 9.17) is 22.5 Å². The van der Waals surface area contributed by atoms with Crippen molar-refractivity contribution in [3.8, 4) is 0 Å². The van der Waals surface area contributed by atoms with Crippen LogP contribution in [0, 0.1) is 5.82 Å². The Morgan fingerprint density at radius 2 is 2.00 bits per heavy atom. The Bertz CT molecular complexity index is 719. The minimum atomic E-state index is -0.672. The van der Waals surface area contributed by atoms with Gasteiger partial charge in [0.1, 0.15) is 5.82 Å². The van der Waals surface area contributed by atoms with Crippen LogP contribution in [0.4, 0.5) is 10.1 Å². The third kappa shape index (κ3) is 3.29. The maximum atomic E-state index is 13.3.